The molecule has 3 nitrogen and oxygen atoms in total. The molecule has 0 saturated heterocycles. The van der Waals surface area contributed by atoms with Crippen molar-refractivity contribution in [2.75, 3.05) is 0 Å². The van der Waals surface area contributed by atoms with Crippen LogP contribution < -0.4 is 5.32 Å². The summed E-state index contributed by atoms with van der Waals surface area (Å²) < 4.78 is 0. The Kier molecular flexibility index (Phi) is 5.22. The summed E-state index contributed by atoms with van der Waals surface area (Å²) in [7, 11) is 0. The molecule has 14 heavy (non-hydrogen) atoms. The van der Waals surface area contributed by atoms with Crippen LogP contribution in [0.25, 0.3) is 0 Å². The van der Waals surface area contributed by atoms with Gasteiger partial charge in [-0.2, -0.15) is 5.26 Å². The van der Waals surface area contributed by atoms with Gasteiger partial charge in [0.1, 0.15) is 6.42 Å². The highest BCUT2D eigenvalue weighted by Crippen LogP contribution is 2.15. The van der Waals surface area contributed by atoms with Crippen LogP contribution in [0.1, 0.15) is 47.0 Å². The van der Waals surface area contributed by atoms with E-state index < -0.39 is 0 Å². The van der Waals surface area contributed by atoms with Crippen LogP contribution in [-0.2, 0) is 4.79 Å². The average molecular weight is 196 g/mol. The lowest BCUT2D eigenvalue weighted by molar-refractivity contribution is -0.121. The normalized spacial score (nSPS) is 11.1. The predicted octanol–water partition coefficient (Wildman–Crippen LogP) is 2.23. The smallest absolute Gasteiger partial charge is 0.234 e. The maximum atomic E-state index is 11.2. The Balaban J connectivity index is 3.94. The molecule has 0 aromatic rings. The first-order chi connectivity index (χ1) is 6.37. The van der Waals surface area contributed by atoms with E-state index in [1.54, 1.807) is 0 Å². The molecular weight excluding hydrogens is 176 g/mol. The lowest BCUT2D eigenvalue weighted by Crippen LogP contribution is -2.43. The molecule has 0 aliphatic carbocycles. The van der Waals surface area contributed by atoms with Gasteiger partial charge >= 0.3 is 0 Å². The number of nitrogens with zero attached hydrogens (tertiary/aromatic N) is 1. The van der Waals surface area contributed by atoms with E-state index in [2.05, 4.69) is 19.2 Å². The van der Waals surface area contributed by atoms with E-state index in [1.165, 1.54) is 0 Å². The SMILES string of the molecule is CC(C)CCC(C)(C)NC(=O)CC#N. The summed E-state index contributed by atoms with van der Waals surface area (Å²) in [6, 6.07) is 1.84. The van der Waals surface area contributed by atoms with Gasteiger partial charge in [-0.25, -0.2) is 0 Å². The number of carbonyl (C=O) groups is 1. The molecule has 0 bridgehead atoms. The fraction of sp³-hybridized carbons (Fsp3) is 0.818. The van der Waals surface area contributed by atoms with Crippen molar-refractivity contribution < 1.29 is 4.79 Å². The minimum atomic E-state index is -0.196. The molecule has 0 heterocycles. The molecule has 0 fully saturated rings. The molecule has 0 aliphatic rings. The molecule has 0 aliphatic heterocycles. The van der Waals surface area contributed by atoms with Gasteiger partial charge in [0.05, 0.1) is 6.07 Å². The van der Waals surface area contributed by atoms with Crippen LogP contribution in [0.2, 0.25) is 0 Å². The van der Waals surface area contributed by atoms with Crippen LogP contribution in [-0.4, -0.2) is 11.4 Å². The Labute approximate surface area is 86.5 Å². The Morgan fingerprint density at radius 3 is 2.50 bits per heavy atom. The summed E-state index contributed by atoms with van der Waals surface area (Å²) in [6.45, 7) is 8.30. The fourth-order valence-corrected chi connectivity index (χ4v) is 1.21. The lowest BCUT2D eigenvalue weighted by Gasteiger charge is -2.26. The van der Waals surface area contributed by atoms with Gasteiger partial charge in [-0.05, 0) is 32.6 Å². The van der Waals surface area contributed by atoms with E-state index in [-0.39, 0.29) is 17.9 Å². The number of hydrogen-bond donors (Lipinski definition) is 1. The molecule has 0 aromatic heterocycles. The van der Waals surface area contributed by atoms with Crippen molar-refractivity contribution in [3.63, 3.8) is 0 Å². The summed E-state index contributed by atoms with van der Waals surface area (Å²) in [6.07, 6.45) is 1.98. The first-order valence-corrected chi connectivity index (χ1v) is 5.05. The first-order valence-electron chi connectivity index (χ1n) is 5.05. The maximum absolute atomic E-state index is 11.2. The topological polar surface area (TPSA) is 52.9 Å². The number of nitrogens with one attached hydrogen (secondary N) is 1. The Morgan fingerprint density at radius 2 is 2.07 bits per heavy atom. The van der Waals surface area contributed by atoms with Crippen molar-refractivity contribution in [3.05, 3.63) is 0 Å². The van der Waals surface area contributed by atoms with Gasteiger partial charge < -0.3 is 5.32 Å². The zero-order valence-electron chi connectivity index (χ0n) is 9.55. The number of nitriles is 1. The molecule has 0 unspecified atom stereocenters. The molecule has 1 amide bonds. The van der Waals surface area contributed by atoms with Crippen molar-refractivity contribution in [3.8, 4) is 6.07 Å². The van der Waals surface area contributed by atoms with E-state index in [0.717, 1.165) is 12.8 Å². The second-order valence-corrected chi connectivity index (χ2v) is 4.70. The standard InChI is InChI=1S/C11H20N2O/c1-9(2)5-7-11(3,4)13-10(14)6-8-12/h9H,5-7H2,1-4H3,(H,13,14). The molecule has 80 valence electrons. The summed E-state index contributed by atoms with van der Waals surface area (Å²) in [5.74, 6) is 0.461. The summed E-state index contributed by atoms with van der Waals surface area (Å²) in [4.78, 5) is 11.2. The fourth-order valence-electron chi connectivity index (χ4n) is 1.21. The molecule has 0 saturated carbocycles. The van der Waals surface area contributed by atoms with Crippen molar-refractivity contribution in [2.45, 2.75) is 52.5 Å². The van der Waals surface area contributed by atoms with Crippen molar-refractivity contribution in [1.29, 1.82) is 5.26 Å². The van der Waals surface area contributed by atoms with Crippen molar-refractivity contribution in [2.24, 2.45) is 5.92 Å². The second-order valence-electron chi connectivity index (χ2n) is 4.70. The molecule has 0 rings (SSSR count). The summed E-state index contributed by atoms with van der Waals surface area (Å²) in [5.41, 5.74) is -0.196. The van der Waals surface area contributed by atoms with Crippen LogP contribution >= 0.6 is 0 Å². The first kappa shape index (κ1) is 13.0. The highest BCUT2D eigenvalue weighted by molar-refractivity contribution is 5.78. The third kappa shape index (κ3) is 6.47. The van der Waals surface area contributed by atoms with Gasteiger partial charge in [0, 0.05) is 5.54 Å². The van der Waals surface area contributed by atoms with Crippen LogP contribution in [0.15, 0.2) is 0 Å². The maximum Gasteiger partial charge on any atom is 0.234 e. The van der Waals surface area contributed by atoms with Gasteiger partial charge in [0.15, 0.2) is 0 Å². The van der Waals surface area contributed by atoms with Crippen LogP contribution in [0.3, 0.4) is 0 Å². The van der Waals surface area contributed by atoms with E-state index in [4.69, 9.17) is 5.26 Å². The summed E-state index contributed by atoms with van der Waals surface area (Å²) >= 11 is 0. The van der Waals surface area contributed by atoms with E-state index in [9.17, 15) is 4.79 Å². The number of hydrogen-bond acceptors (Lipinski definition) is 2. The average Bonchev–Trinajstić information content (AvgIpc) is 2.00. The Hall–Kier alpha value is -1.04. The minimum Gasteiger partial charge on any atom is -0.350 e. The minimum absolute atomic E-state index is 0.0505. The van der Waals surface area contributed by atoms with Gasteiger partial charge in [-0.15, -0.1) is 0 Å². The highest BCUT2D eigenvalue weighted by Gasteiger charge is 2.19. The molecule has 0 spiro atoms. The van der Waals surface area contributed by atoms with Gasteiger partial charge in [-0.3, -0.25) is 4.79 Å². The largest absolute Gasteiger partial charge is 0.350 e. The molecule has 0 atom stereocenters. The third-order valence-corrected chi connectivity index (χ3v) is 2.06. The van der Waals surface area contributed by atoms with Crippen LogP contribution in [0.4, 0.5) is 0 Å². The summed E-state index contributed by atoms with van der Waals surface area (Å²) in [5, 5.41) is 11.2. The Morgan fingerprint density at radius 1 is 1.50 bits per heavy atom. The van der Waals surface area contributed by atoms with Gasteiger partial charge in [0.2, 0.25) is 5.91 Å². The quantitative estimate of drug-likeness (QED) is 0.733. The number of carbonyl (C=O) groups excluding carboxylic acids is 1. The lowest BCUT2D eigenvalue weighted by atomic mass is 9.94. The van der Waals surface area contributed by atoms with Crippen LogP contribution in [0, 0.1) is 17.2 Å². The molecule has 3 heteroatoms. The second kappa shape index (κ2) is 5.64. The molecule has 0 aromatic carbocycles. The van der Waals surface area contributed by atoms with Gasteiger partial charge in [0.25, 0.3) is 0 Å². The van der Waals surface area contributed by atoms with E-state index >= 15 is 0 Å². The zero-order chi connectivity index (χ0) is 11.2. The molecule has 1 N–H and O–H groups in total. The zero-order valence-corrected chi connectivity index (χ0v) is 9.55. The molecule has 0 radical (unpaired) electrons. The van der Waals surface area contributed by atoms with Gasteiger partial charge in [-0.1, -0.05) is 13.8 Å². The Bertz CT molecular complexity index is 226. The monoisotopic (exact) mass is 196 g/mol. The highest BCUT2D eigenvalue weighted by atomic mass is 16.1. The van der Waals surface area contributed by atoms with Crippen molar-refractivity contribution >= 4 is 5.91 Å². The van der Waals surface area contributed by atoms with Crippen LogP contribution in [0.5, 0.6) is 0 Å². The van der Waals surface area contributed by atoms with E-state index in [0.29, 0.717) is 5.92 Å². The number of amides is 1. The number of rotatable bonds is 5. The third-order valence-electron chi connectivity index (χ3n) is 2.06. The van der Waals surface area contributed by atoms with Crippen molar-refractivity contribution in [1.82, 2.24) is 5.32 Å². The predicted molar refractivity (Wildman–Crippen MR) is 56.5 cm³/mol. The van der Waals surface area contributed by atoms with E-state index in [1.807, 2.05) is 19.9 Å². The molecular formula is C11H20N2O.